The monoisotopic (exact) mass is 358 g/mol. The molecule has 0 fully saturated rings. The number of alkyl halides is 1. The second-order valence-electron chi connectivity index (χ2n) is 5.14. The summed E-state index contributed by atoms with van der Waals surface area (Å²) in [6, 6.07) is 4.01. The SMILES string of the molecule is CCCCC(CC)C(Br)c1ccc(OC)c(OC)c1OC. The Morgan fingerprint density at radius 1 is 1.00 bits per heavy atom. The second kappa shape index (κ2) is 9.19. The highest BCUT2D eigenvalue weighted by molar-refractivity contribution is 9.09. The number of halogens is 1. The molecule has 0 spiro atoms. The van der Waals surface area contributed by atoms with Crippen molar-refractivity contribution >= 4 is 15.9 Å². The van der Waals surface area contributed by atoms with E-state index in [1.165, 1.54) is 19.3 Å². The normalized spacial score (nSPS) is 13.6. The van der Waals surface area contributed by atoms with Gasteiger partial charge in [-0.15, -0.1) is 0 Å². The molecule has 0 aliphatic rings. The summed E-state index contributed by atoms with van der Waals surface area (Å²) < 4.78 is 16.4. The molecule has 21 heavy (non-hydrogen) atoms. The van der Waals surface area contributed by atoms with Crippen molar-refractivity contribution < 1.29 is 14.2 Å². The molecular formula is C17H27BrO3. The van der Waals surface area contributed by atoms with Crippen LogP contribution < -0.4 is 14.2 Å². The molecule has 0 radical (unpaired) electrons. The minimum Gasteiger partial charge on any atom is -0.493 e. The summed E-state index contributed by atoms with van der Waals surface area (Å²) in [4.78, 5) is 0.254. The van der Waals surface area contributed by atoms with Gasteiger partial charge in [0, 0.05) is 10.4 Å². The van der Waals surface area contributed by atoms with Gasteiger partial charge in [-0.1, -0.05) is 55.1 Å². The molecule has 4 heteroatoms. The van der Waals surface area contributed by atoms with Crippen LogP contribution in [0.3, 0.4) is 0 Å². The number of rotatable bonds is 9. The Bertz CT molecular complexity index is 434. The number of ether oxygens (including phenoxy) is 3. The van der Waals surface area contributed by atoms with E-state index in [9.17, 15) is 0 Å². The smallest absolute Gasteiger partial charge is 0.203 e. The van der Waals surface area contributed by atoms with Gasteiger partial charge in [-0.2, -0.15) is 0 Å². The third kappa shape index (κ3) is 4.29. The zero-order chi connectivity index (χ0) is 15.8. The van der Waals surface area contributed by atoms with Crippen molar-refractivity contribution in [2.75, 3.05) is 21.3 Å². The van der Waals surface area contributed by atoms with Gasteiger partial charge in [0.05, 0.1) is 21.3 Å². The van der Waals surface area contributed by atoms with Gasteiger partial charge in [-0.05, 0) is 18.4 Å². The van der Waals surface area contributed by atoms with Gasteiger partial charge in [0.1, 0.15) is 0 Å². The zero-order valence-electron chi connectivity index (χ0n) is 13.7. The number of methoxy groups -OCH3 is 3. The Hall–Kier alpha value is -0.900. The molecule has 0 saturated carbocycles. The summed E-state index contributed by atoms with van der Waals surface area (Å²) in [7, 11) is 4.95. The van der Waals surface area contributed by atoms with Crippen molar-refractivity contribution in [1.29, 1.82) is 0 Å². The number of unbranched alkanes of at least 4 members (excludes halogenated alkanes) is 1. The van der Waals surface area contributed by atoms with Crippen LogP contribution in [0.2, 0.25) is 0 Å². The molecule has 0 aliphatic carbocycles. The third-order valence-corrected chi connectivity index (χ3v) is 5.14. The summed E-state index contributed by atoms with van der Waals surface area (Å²) in [5.74, 6) is 2.69. The number of hydrogen-bond donors (Lipinski definition) is 0. The molecule has 0 saturated heterocycles. The predicted molar refractivity (Wildman–Crippen MR) is 91.1 cm³/mol. The van der Waals surface area contributed by atoms with E-state index in [1.807, 2.05) is 6.07 Å². The first kappa shape index (κ1) is 18.1. The summed E-state index contributed by atoms with van der Waals surface area (Å²) in [5, 5.41) is 0. The lowest BCUT2D eigenvalue weighted by Gasteiger charge is -2.24. The van der Waals surface area contributed by atoms with Crippen molar-refractivity contribution in [3.8, 4) is 17.2 Å². The molecule has 1 aromatic rings. The fourth-order valence-corrected chi connectivity index (χ4v) is 3.62. The molecule has 2 atom stereocenters. The number of benzene rings is 1. The third-order valence-electron chi connectivity index (χ3n) is 3.90. The van der Waals surface area contributed by atoms with Crippen LogP contribution in [0.25, 0.3) is 0 Å². The van der Waals surface area contributed by atoms with Crippen molar-refractivity contribution in [1.82, 2.24) is 0 Å². The first-order valence-corrected chi connectivity index (χ1v) is 8.48. The molecule has 3 nitrogen and oxygen atoms in total. The van der Waals surface area contributed by atoms with Gasteiger partial charge >= 0.3 is 0 Å². The second-order valence-corrected chi connectivity index (χ2v) is 6.12. The van der Waals surface area contributed by atoms with E-state index in [0.717, 1.165) is 17.7 Å². The molecule has 1 rings (SSSR count). The van der Waals surface area contributed by atoms with Gasteiger partial charge in [0.25, 0.3) is 0 Å². The Labute approximate surface area is 137 Å². The predicted octanol–water partition coefficient (Wildman–Crippen LogP) is 5.36. The lowest BCUT2D eigenvalue weighted by Crippen LogP contribution is -2.09. The Morgan fingerprint density at radius 2 is 1.67 bits per heavy atom. The average molecular weight is 359 g/mol. The Morgan fingerprint density at radius 3 is 2.14 bits per heavy atom. The highest BCUT2D eigenvalue weighted by atomic mass is 79.9. The minimum absolute atomic E-state index is 0.254. The summed E-state index contributed by atoms with van der Waals surface area (Å²) >= 11 is 3.87. The Balaban J connectivity index is 3.15. The molecule has 0 aliphatic heterocycles. The maximum absolute atomic E-state index is 5.60. The van der Waals surface area contributed by atoms with E-state index in [1.54, 1.807) is 21.3 Å². The van der Waals surface area contributed by atoms with E-state index >= 15 is 0 Å². The minimum atomic E-state index is 0.254. The average Bonchev–Trinajstić information content (AvgIpc) is 2.53. The van der Waals surface area contributed by atoms with Crippen LogP contribution in [0.15, 0.2) is 12.1 Å². The first-order chi connectivity index (χ1) is 10.1. The van der Waals surface area contributed by atoms with Gasteiger partial charge in [0.15, 0.2) is 11.5 Å². The highest BCUT2D eigenvalue weighted by Crippen LogP contribution is 2.47. The van der Waals surface area contributed by atoms with Gasteiger partial charge < -0.3 is 14.2 Å². The molecule has 2 unspecified atom stereocenters. The van der Waals surface area contributed by atoms with Crippen LogP contribution in [-0.4, -0.2) is 21.3 Å². The van der Waals surface area contributed by atoms with Crippen LogP contribution >= 0.6 is 15.9 Å². The van der Waals surface area contributed by atoms with Crippen molar-refractivity contribution in [2.24, 2.45) is 5.92 Å². The van der Waals surface area contributed by atoms with Gasteiger partial charge in [-0.25, -0.2) is 0 Å². The molecule has 0 amide bonds. The summed E-state index contributed by atoms with van der Waals surface area (Å²) in [6.45, 7) is 4.47. The zero-order valence-corrected chi connectivity index (χ0v) is 15.3. The lowest BCUT2D eigenvalue weighted by atomic mass is 9.91. The van der Waals surface area contributed by atoms with Crippen molar-refractivity contribution in [3.05, 3.63) is 17.7 Å². The fourth-order valence-electron chi connectivity index (χ4n) is 2.62. The van der Waals surface area contributed by atoms with Crippen LogP contribution in [0.1, 0.15) is 49.9 Å². The van der Waals surface area contributed by atoms with Crippen LogP contribution in [0, 0.1) is 5.92 Å². The van der Waals surface area contributed by atoms with E-state index in [2.05, 4.69) is 35.8 Å². The molecular weight excluding hydrogens is 332 g/mol. The summed E-state index contributed by atoms with van der Waals surface area (Å²) in [6.07, 6.45) is 4.81. The topological polar surface area (TPSA) is 27.7 Å². The van der Waals surface area contributed by atoms with E-state index < -0.39 is 0 Å². The molecule has 0 heterocycles. The maximum Gasteiger partial charge on any atom is 0.203 e. The molecule has 1 aromatic carbocycles. The maximum atomic E-state index is 5.60. The van der Waals surface area contributed by atoms with Crippen LogP contribution in [0.4, 0.5) is 0 Å². The molecule has 0 bridgehead atoms. The first-order valence-electron chi connectivity index (χ1n) is 7.57. The lowest BCUT2D eigenvalue weighted by molar-refractivity contribution is 0.319. The van der Waals surface area contributed by atoms with E-state index in [4.69, 9.17) is 14.2 Å². The van der Waals surface area contributed by atoms with E-state index in [-0.39, 0.29) is 4.83 Å². The van der Waals surface area contributed by atoms with Crippen molar-refractivity contribution in [2.45, 2.75) is 44.4 Å². The van der Waals surface area contributed by atoms with Crippen molar-refractivity contribution in [3.63, 3.8) is 0 Å². The van der Waals surface area contributed by atoms with Crippen LogP contribution in [-0.2, 0) is 0 Å². The molecule has 0 aromatic heterocycles. The van der Waals surface area contributed by atoms with Gasteiger partial charge in [0.2, 0.25) is 5.75 Å². The molecule has 0 N–H and O–H groups in total. The standard InChI is InChI=1S/C17H27BrO3/c1-6-8-9-12(7-2)15(18)13-10-11-14(19-3)17(21-5)16(13)20-4/h10-12,15H,6-9H2,1-5H3. The highest BCUT2D eigenvalue weighted by Gasteiger charge is 2.25. The quantitative estimate of drug-likeness (QED) is 0.555. The molecule has 120 valence electrons. The Kier molecular flexibility index (Phi) is 7.94. The van der Waals surface area contributed by atoms with Crippen LogP contribution in [0.5, 0.6) is 17.2 Å². The van der Waals surface area contributed by atoms with E-state index in [0.29, 0.717) is 17.4 Å². The summed E-state index contributed by atoms with van der Waals surface area (Å²) in [5.41, 5.74) is 1.12. The fraction of sp³-hybridized carbons (Fsp3) is 0.647. The van der Waals surface area contributed by atoms with Gasteiger partial charge in [-0.3, -0.25) is 0 Å². The number of hydrogen-bond acceptors (Lipinski definition) is 3. The largest absolute Gasteiger partial charge is 0.493 e.